The van der Waals surface area contributed by atoms with Gasteiger partial charge in [0.2, 0.25) is 0 Å². The molecule has 0 fully saturated rings. The maximum atomic E-state index is 10.8. The van der Waals surface area contributed by atoms with Crippen LogP contribution in [0, 0.1) is 10.1 Å². The number of para-hydroxylation sites is 1. The van der Waals surface area contributed by atoms with Crippen LogP contribution >= 0.6 is 0 Å². The van der Waals surface area contributed by atoms with Gasteiger partial charge in [0.1, 0.15) is 6.61 Å². The number of rotatable bonds is 5. The van der Waals surface area contributed by atoms with Crippen LogP contribution < -0.4 is 0 Å². The highest BCUT2D eigenvalue weighted by Gasteiger charge is 2.13. The smallest absolute Gasteiger partial charge is 0.276 e. The molecule has 84 valence electrons. The third-order valence-corrected chi connectivity index (χ3v) is 2.00. The van der Waals surface area contributed by atoms with Crippen LogP contribution in [0.25, 0.3) is 5.57 Å². The third-order valence-electron chi connectivity index (χ3n) is 2.00. The second kappa shape index (κ2) is 5.70. The summed E-state index contributed by atoms with van der Waals surface area (Å²) in [5.41, 5.74) is 1.36. The second-order valence-electron chi connectivity index (χ2n) is 3.20. The molecule has 0 bridgehead atoms. The Balaban J connectivity index is 2.98. The minimum absolute atomic E-state index is 0.0819. The highest BCUT2D eigenvalue weighted by atomic mass is 16.6. The lowest BCUT2D eigenvalue weighted by molar-refractivity contribution is -0.385. The Hall–Kier alpha value is -2.10. The van der Waals surface area contributed by atoms with Crippen molar-refractivity contribution in [3.8, 4) is 0 Å². The van der Waals surface area contributed by atoms with Crippen LogP contribution in [-0.2, 0) is 4.74 Å². The fourth-order valence-corrected chi connectivity index (χ4v) is 1.27. The quantitative estimate of drug-likeness (QED) is 0.251. The van der Waals surface area contributed by atoms with E-state index in [1.165, 1.54) is 12.3 Å². The molecule has 0 aliphatic carbocycles. The van der Waals surface area contributed by atoms with Crippen LogP contribution in [0.3, 0.4) is 0 Å². The molecule has 1 aromatic rings. The van der Waals surface area contributed by atoms with Crippen molar-refractivity contribution in [2.45, 2.75) is 6.92 Å². The van der Waals surface area contributed by atoms with E-state index < -0.39 is 4.92 Å². The monoisotopic (exact) mass is 219 g/mol. The lowest BCUT2D eigenvalue weighted by Gasteiger charge is -2.03. The summed E-state index contributed by atoms with van der Waals surface area (Å²) in [7, 11) is 0. The maximum absolute atomic E-state index is 10.8. The van der Waals surface area contributed by atoms with Gasteiger partial charge in [-0.1, -0.05) is 24.8 Å². The highest BCUT2D eigenvalue weighted by molar-refractivity contribution is 5.70. The minimum atomic E-state index is -0.403. The zero-order chi connectivity index (χ0) is 12.0. The summed E-state index contributed by atoms with van der Waals surface area (Å²) in [6.07, 6.45) is 3.12. The highest BCUT2D eigenvalue weighted by Crippen LogP contribution is 2.24. The second-order valence-corrected chi connectivity index (χ2v) is 3.20. The molecule has 0 saturated carbocycles. The van der Waals surface area contributed by atoms with Crippen LogP contribution in [-0.4, -0.2) is 11.5 Å². The topological polar surface area (TPSA) is 52.4 Å². The molecule has 0 aromatic heterocycles. The first-order valence-corrected chi connectivity index (χ1v) is 4.80. The molecule has 0 N–H and O–H groups in total. The number of hydrogen-bond acceptors (Lipinski definition) is 3. The van der Waals surface area contributed by atoms with E-state index >= 15 is 0 Å². The van der Waals surface area contributed by atoms with E-state index in [4.69, 9.17) is 4.74 Å². The Bertz CT molecular complexity index is 424. The van der Waals surface area contributed by atoms with Crippen molar-refractivity contribution >= 4 is 11.3 Å². The average molecular weight is 219 g/mol. The molecular formula is C12H13NO3. The van der Waals surface area contributed by atoms with E-state index in [-0.39, 0.29) is 5.69 Å². The van der Waals surface area contributed by atoms with Crippen LogP contribution in [0.4, 0.5) is 5.69 Å². The molecule has 1 aromatic carbocycles. The molecule has 0 aliphatic rings. The average Bonchev–Trinajstić information content (AvgIpc) is 2.29. The van der Waals surface area contributed by atoms with Gasteiger partial charge in [-0.05, 0) is 18.6 Å². The summed E-state index contributed by atoms with van der Waals surface area (Å²) in [4.78, 5) is 10.4. The van der Waals surface area contributed by atoms with E-state index in [2.05, 4.69) is 6.58 Å². The number of nitro groups is 1. The van der Waals surface area contributed by atoms with Crippen LogP contribution in [0.5, 0.6) is 0 Å². The van der Waals surface area contributed by atoms with E-state index in [0.29, 0.717) is 17.7 Å². The molecule has 0 aliphatic heterocycles. The van der Waals surface area contributed by atoms with Gasteiger partial charge < -0.3 is 4.74 Å². The van der Waals surface area contributed by atoms with Crippen molar-refractivity contribution < 1.29 is 9.66 Å². The van der Waals surface area contributed by atoms with Gasteiger partial charge in [0, 0.05) is 6.07 Å². The van der Waals surface area contributed by atoms with Crippen molar-refractivity contribution in [2.75, 3.05) is 6.61 Å². The summed E-state index contributed by atoms with van der Waals surface area (Å²) in [6.45, 7) is 5.67. The van der Waals surface area contributed by atoms with Gasteiger partial charge in [0.25, 0.3) is 5.69 Å². The molecule has 0 atom stereocenters. The number of hydrogen-bond donors (Lipinski definition) is 0. The summed E-state index contributed by atoms with van der Waals surface area (Å²) in [6, 6.07) is 6.56. The lowest BCUT2D eigenvalue weighted by atomic mass is 10.1. The molecule has 1 rings (SSSR count). The van der Waals surface area contributed by atoms with E-state index in [1.54, 1.807) is 31.2 Å². The maximum Gasteiger partial charge on any atom is 0.276 e. The zero-order valence-corrected chi connectivity index (χ0v) is 9.05. The molecule has 0 radical (unpaired) electrons. The van der Waals surface area contributed by atoms with Crippen molar-refractivity contribution in [3.63, 3.8) is 0 Å². The Kier molecular flexibility index (Phi) is 4.27. The van der Waals surface area contributed by atoms with Crippen LogP contribution in [0.15, 0.2) is 43.2 Å². The SMILES string of the molecule is C=CCO/C=C(\C)c1ccccc1[N+](=O)[O-]. The Morgan fingerprint density at radius 2 is 2.25 bits per heavy atom. The number of benzene rings is 1. The van der Waals surface area contributed by atoms with Crippen molar-refractivity contribution in [1.82, 2.24) is 0 Å². The summed E-state index contributed by atoms with van der Waals surface area (Å²) in [5.74, 6) is 0. The summed E-state index contributed by atoms with van der Waals surface area (Å²) >= 11 is 0. The molecule has 16 heavy (non-hydrogen) atoms. The number of nitrogens with zero attached hydrogens (tertiary/aromatic N) is 1. The Morgan fingerprint density at radius 3 is 2.88 bits per heavy atom. The molecule has 0 spiro atoms. The Labute approximate surface area is 94.0 Å². The third kappa shape index (κ3) is 2.95. The minimum Gasteiger partial charge on any atom is -0.497 e. The summed E-state index contributed by atoms with van der Waals surface area (Å²) in [5, 5.41) is 10.8. The molecule has 4 heteroatoms. The van der Waals surface area contributed by atoms with E-state index in [0.717, 1.165) is 0 Å². The zero-order valence-electron chi connectivity index (χ0n) is 9.05. The molecular weight excluding hydrogens is 206 g/mol. The molecule has 0 saturated heterocycles. The fraction of sp³-hybridized carbons (Fsp3) is 0.167. The largest absolute Gasteiger partial charge is 0.497 e. The van der Waals surface area contributed by atoms with E-state index in [1.807, 2.05) is 0 Å². The van der Waals surface area contributed by atoms with Gasteiger partial charge in [-0.2, -0.15) is 0 Å². The number of nitro benzene ring substituents is 1. The van der Waals surface area contributed by atoms with Gasteiger partial charge >= 0.3 is 0 Å². The van der Waals surface area contributed by atoms with Gasteiger partial charge in [-0.15, -0.1) is 0 Å². The number of ether oxygens (including phenoxy) is 1. The van der Waals surface area contributed by atoms with Crippen molar-refractivity contribution in [3.05, 3.63) is 58.9 Å². The molecule has 0 amide bonds. The van der Waals surface area contributed by atoms with Crippen LogP contribution in [0.2, 0.25) is 0 Å². The lowest BCUT2D eigenvalue weighted by Crippen LogP contribution is -1.93. The normalized spacial score (nSPS) is 10.9. The van der Waals surface area contributed by atoms with Crippen molar-refractivity contribution in [1.29, 1.82) is 0 Å². The van der Waals surface area contributed by atoms with Crippen LogP contribution in [0.1, 0.15) is 12.5 Å². The number of allylic oxidation sites excluding steroid dienone is 1. The summed E-state index contributed by atoms with van der Waals surface area (Å²) < 4.78 is 5.13. The van der Waals surface area contributed by atoms with Gasteiger partial charge in [-0.25, -0.2) is 0 Å². The first kappa shape index (κ1) is 12.0. The predicted octanol–water partition coefficient (Wildman–Crippen LogP) is 3.16. The fourth-order valence-electron chi connectivity index (χ4n) is 1.27. The standard InChI is InChI=1S/C12H13NO3/c1-3-8-16-9-10(2)11-6-4-5-7-12(11)13(14)15/h3-7,9H,1,8H2,2H3/b10-9+. The first-order chi connectivity index (χ1) is 7.66. The van der Waals surface area contributed by atoms with Gasteiger partial charge in [0.05, 0.1) is 16.7 Å². The Morgan fingerprint density at radius 1 is 1.56 bits per heavy atom. The van der Waals surface area contributed by atoms with Crippen molar-refractivity contribution in [2.24, 2.45) is 0 Å². The molecule has 0 heterocycles. The molecule has 4 nitrogen and oxygen atoms in total. The first-order valence-electron chi connectivity index (χ1n) is 4.80. The van der Waals surface area contributed by atoms with Gasteiger partial charge in [0.15, 0.2) is 0 Å². The predicted molar refractivity (Wildman–Crippen MR) is 62.9 cm³/mol. The molecule has 0 unspecified atom stereocenters. The van der Waals surface area contributed by atoms with Gasteiger partial charge in [-0.3, -0.25) is 10.1 Å². The van der Waals surface area contributed by atoms with E-state index in [9.17, 15) is 10.1 Å².